The van der Waals surface area contributed by atoms with Gasteiger partial charge < -0.3 is 15.8 Å². The number of nitrogen functional groups attached to an aromatic ring is 1. The monoisotopic (exact) mass is 298 g/mol. The van der Waals surface area contributed by atoms with Crippen molar-refractivity contribution in [1.29, 1.82) is 0 Å². The van der Waals surface area contributed by atoms with E-state index in [0.29, 0.717) is 11.4 Å². The number of anilines is 2. The normalized spacial score (nSPS) is 11.5. The molecule has 0 aliphatic heterocycles. The molecule has 0 fully saturated rings. The molecule has 2 aromatic carbocycles. The highest BCUT2D eigenvalue weighted by Gasteiger charge is 2.20. The molecule has 5 nitrogen and oxygen atoms in total. The zero-order chi connectivity index (χ0) is 16.1. The molecule has 1 atom stereocenters. The van der Waals surface area contributed by atoms with Crippen molar-refractivity contribution in [2.45, 2.75) is 20.0 Å². The lowest BCUT2D eigenvalue weighted by Crippen LogP contribution is -2.30. The molecule has 2 aromatic rings. The lowest BCUT2D eigenvalue weighted by molar-refractivity contribution is -0.123. The fourth-order valence-corrected chi connectivity index (χ4v) is 1.90. The molecule has 0 saturated heterocycles. The molecule has 0 saturated carbocycles. The van der Waals surface area contributed by atoms with E-state index in [1.54, 1.807) is 49.4 Å². The van der Waals surface area contributed by atoms with Crippen molar-refractivity contribution in [2.75, 3.05) is 11.1 Å². The number of amides is 1. The minimum atomic E-state index is -0.924. The summed E-state index contributed by atoms with van der Waals surface area (Å²) in [7, 11) is 0. The Balaban J connectivity index is 2.02. The number of carbonyl (C=O) groups is 2. The number of rotatable bonds is 4. The van der Waals surface area contributed by atoms with Crippen LogP contribution in [0.5, 0.6) is 0 Å². The Bertz CT molecular complexity index is 684. The Kier molecular flexibility index (Phi) is 4.78. The first-order valence-electron chi connectivity index (χ1n) is 6.91. The molecule has 1 amide bonds. The summed E-state index contributed by atoms with van der Waals surface area (Å²) in [5.41, 5.74) is 7.92. The lowest BCUT2D eigenvalue weighted by atomic mass is 10.1. The molecule has 5 heteroatoms. The van der Waals surface area contributed by atoms with Gasteiger partial charge in [-0.15, -0.1) is 0 Å². The molecular weight excluding hydrogens is 280 g/mol. The van der Waals surface area contributed by atoms with Gasteiger partial charge in [-0.2, -0.15) is 0 Å². The molecule has 22 heavy (non-hydrogen) atoms. The van der Waals surface area contributed by atoms with E-state index in [2.05, 4.69) is 5.32 Å². The molecule has 1 unspecified atom stereocenters. The fourth-order valence-electron chi connectivity index (χ4n) is 1.90. The van der Waals surface area contributed by atoms with Gasteiger partial charge in [-0.1, -0.05) is 30.3 Å². The Labute approximate surface area is 129 Å². The molecule has 0 aromatic heterocycles. The lowest BCUT2D eigenvalue weighted by Gasteiger charge is -2.14. The Morgan fingerprint density at radius 3 is 2.45 bits per heavy atom. The summed E-state index contributed by atoms with van der Waals surface area (Å²) in [6.45, 7) is 3.32. The van der Waals surface area contributed by atoms with Crippen molar-refractivity contribution in [3.63, 3.8) is 0 Å². The summed E-state index contributed by atoms with van der Waals surface area (Å²) in [6.07, 6.45) is -0.924. The maximum absolute atomic E-state index is 12.1. The number of carbonyl (C=O) groups excluding carboxylic acids is 2. The van der Waals surface area contributed by atoms with E-state index in [0.717, 1.165) is 5.56 Å². The number of nitrogens with one attached hydrogen (secondary N) is 1. The first-order valence-corrected chi connectivity index (χ1v) is 6.91. The van der Waals surface area contributed by atoms with Gasteiger partial charge in [-0.25, -0.2) is 4.79 Å². The third kappa shape index (κ3) is 3.63. The largest absolute Gasteiger partial charge is 0.449 e. The molecule has 3 N–H and O–H groups in total. The van der Waals surface area contributed by atoms with Gasteiger partial charge >= 0.3 is 5.97 Å². The van der Waals surface area contributed by atoms with Gasteiger partial charge in [-0.05, 0) is 37.6 Å². The second kappa shape index (κ2) is 6.76. The number of hydrogen-bond acceptors (Lipinski definition) is 4. The van der Waals surface area contributed by atoms with E-state index in [9.17, 15) is 9.59 Å². The number of esters is 1. The van der Waals surface area contributed by atoms with Crippen LogP contribution in [0.25, 0.3) is 0 Å². The second-order valence-corrected chi connectivity index (χ2v) is 4.94. The first kappa shape index (κ1) is 15.6. The van der Waals surface area contributed by atoms with Gasteiger partial charge in [-0.3, -0.25) is 4.79 Å². The highest BCUT2D eigenvalue weighted by Crippen LogP contribution is 2.18. The van der Waals surface area contributed by atoms with Gasteiger partial charge in [0.05, 0.1) is 5.56 Å². The molecule has 0 heterocycles. The third-order valence-electron chi connectivity index (χ3n) is 3.24. The standard InChI is InChI=1S/C17H18N2O3/c1-11-7-6-10-14(15(11)18)17(21)22-12(2)16(20)19-13-8-4-3-5-9-13/h3-10,12H,18H2,1-2H3,(H,19,20). The van der Waals surface area contributed by atoms with Crippen molar-refractivity contribution in [3.8, 4) is 0 Å². The number of ether oxygens (including phenoxy) is 1. The smallest absolute Gasteiger partial charge is 0.341 e. The van der Waals surface area contributed by atoms with Crippen molar-refractivity contribution in [1.82, 2.24) is 0 Å². The maximum Gasteiger partial charge on any atom is 0.341 e. The van der Waals surface area contributed by atoms with Gasteiger partial charge in [0.15, 0.2) is 6.10 Å². The van der Waals surface area contributed by atoms with Crippen LogP contribution in [-0.2, 0) is 9.53 Å². The van der Waals surface area contributed by atoms with Crippen LogP contribution in [0.1, 0.15) is 22.8 Å². The molecule has 0 bridgehead atoms. The number of nitrogens with two attached hydrogens (primary N) is 1. The minimum Gasteiger partial charge on any atom is -0.449 e. The predicted molar refractivity (Wildman–Crippen MR) is 85.5 cm³/mol. The van der Waals surface area contributed by atoms with Crippen LogP contribution in [0.2, 0.25) is 0 Å². The highest BCUT2D eigenvalue weighted by molar-refractivity contribution is 5.99. The van der Waals surface area contributed by atoms with Gasteiger partial charge in [0.25, 0.3) is 5.91 Å². The van der Waals surface area contributed by atoms with Gasteiger partial charge in [0.2, 0.25) is 0 Å². The molecule has 2 rings (SSSR count). The summed E-state index contributed by atoms with van der Waals surface area (Å²) in [6, 6.07) is 14.1. The second-order valence-electron chi connectivity index (χ2n) is 4.94. The average Bonchev–Trinajstić information content (AvgIpc) is 2.50. The van der Waals surface area contributed by atoms with E-state index < -0.39 is 18.0 Å². The molecule has 0 aliphatic rings. The third-order valence-corrected chi connectivity index (χ3v) is 3.24. The van der Waals surface area contributed by atoms with Gasteiger partial charge in [0.1, 0.15) is 0 Å². The zero-order valence-electron chi connectivity index (χ0n) is 12.5. The van der Waals surface area contributed by atoms with Crippen molar-refractivity contribution < 1.29 is 14.3 Å². The topological polar surface area (TPSA) is 81.4 Å². The van der Waals surface area contributed by atoms with Crippen molar-refractivity contribution in [3.05, 3.63) is 59.7 Å². The molecule has 114 valence electrons. The Morgan fingerprint density at radius 2 is 1.77 bits per heavy atom. The van der Waals surface area contributed by atoms with Crippen LogP contribution in [0.3, 0.4) is 0 Å². The van der Waals surface area contributed by atoms with Crippen LogP contribution in [0.4, 0.5) is 11.4 Å². The number of hydrogen-bond donors (Lipinski definition) is 2. The van der Waals surface area contributed by atoms with Crippen LogP contribution in [-0.4, -0.2) is 18.0 Å². The number of para-hydroxylation sites is 2. The fraction of sp³-hybridized carbons (Fsp3) is 0.176. The summed E-state index contributed by atoms with van der Waals surface area (Å²) in [5, 5.41) is 2.68. The zero-order valence-corrected chi connectivity index (χ0v) is 12.5. The van der Waals surface area contributed by atoms with E-state index >= 15 is 0 Å². The van der Waals surface area contributed by atoms with Gasteiger partial charge in [0, 0.05) is 11.4 Å². The molecule has 0 radical (unpaired) electrons. The summed E-state index contributed by atoms with van der Waals surface area (Å²) < 4.78 is 5.18. The SMILES string of the molecule is Cc1cccc(C(=O)OC(C)C(=O)Nc2ccccc2)c1N. The first-order chi connectivity index (χ1) is 10.5. The summed E-state index contributed by atoms with van der Waals surface area (Å²) in [4.78, 5) is 24.1. The number of aryl methyl sites for hydroxylation is 1. The quantitative estimate of drug-likeness (QED) is 0.671. The van der Waals surface area contributed by atoms with E-state index in [4.69, 9.17) is 10.5 Å². The maximum atomic E-state index is 12.1. The van der Waals surface area contributed by atoms with Crippen LogP contribution in [0.15, 0.2) is 48.5 Å². The Hall–Kier alpha value is -2.82. The molecular formula is C17H18N2O3. The predicted octanol–water partition coefficient (Wildman–Crippen LogP) is 2.76. The van der Waals surface area contributed by atoms with Crippen LogP contribution < -0.4 is 11.1 Å². The molecule has 0 spiro atoms. The summed E-state index contributed by atoms with van der Waals surface area (Å²) >= 11 is 0. The van der Waals surface area contributed by atoms with Crippen molar-refractivity contribution in [2.24, 2.45) is 0 Å². The minimum absolute atomic E-state index is 0.263. The van der Waals surface area contributed by atoms with Crippen LogP contribution in [0, 0.1) is 6.92 Å². The molecule has 0 aliphatic carbocycles. The van der Waals surface area contributed by atoms with Crippen molar-refractivity contribution >= 4 is 23.3 Å². The highest BCUT2D eigenvalue weighted by atomic mass is 16.5. The number of benzene rings is 2. The van der Waals surface area contributed by atoms with E-state index in [1.807, 2.05) is 6.07 Å². The Morgan fingerprint density at radius 1 is 1.09 bits per heavy atom. The van der Waals surface area contributed by atoms with E-state index in [-0.39, 0.29) is 5.56 Å². The van der Waals surface area contributed by atoms with E-state index in [1.165, 1.54) is 6.92 Å². The average molecular weight is 298 g/mol. The summed E-state index contributed by atoms with van der Waals surface area (Å²) in [5.74, 6) is -1.01. The van der Waals surface area contributed by atoms with Crippen LogP contribution >= 0.6 is 0 Å².